The van der Waals surface area contributed by atoms with Crippen molar-refractivity contribution in [1.82, 2.24) is 10.2 Å². The number of carbonyl (C=O) groups excluding carboxylic acids is 2. The molecule has 1 aliphatic rings. The molecule has 142 valence electrons. The van der Waals surface area contributed by atoms with Crippen LogP contribution in [0.4, 0.5) is 0 Å². The van der Waals surface area contributed by atoms with E-state index in [2.05, 4.69) is 5.32 Å². The van der Waals surface area contributed by atoms with Crippen molar-refractivity contribution in [3.63, 3.8) is 0 Å². The van der Waals surface area contributed by atoms with Gasteiger partial charge in [0.25, 0.3) is 0 Å². The van der Waals surface area contributed by atoms with E-state index in [1.54, 1.807) is 24.3 Å². The number of esters is 1. The normalized spacial score (nSPS) is 22.4. The molecule has 0 saturated carbocycles. The summed E-state index contributed by atoms with van der Waals surface area (Å²) in [6.07, 6.45) is -0.818. The van der Waals surface area contributed by atoms with E-state index in [0.29, 0.717) is 18.7 Å². The zero-order valence-corrected chi connectivity index (χ0v) is 15.2. The van der Waals surface area contributed by atoms with E-state index in [1.807, 2.05) is 41.3 Å². The number of nitrogens with one attached hydrogen (secondary N) is 1. The molecule has 1 saturated heterocycles. The van der Waals surface area contributed by atoms with E-state index in [0.717, 1.165) is 5.56 Å². The number of hydrogen-bond donors (Lipinski definition) is 2. The quantitative estimate of drug-likeness (QED) is 0.757. The second-order valence-corrected chi connectivity index (χ2v) is 6.74. The topological polar surface area (TPSA) is 78.9 Å². The number of aliphatic hydroxyl groups is 1. The molecule has 1 amide bonds. The van der Waals surface area contributed by atoms with Crippen molar-refractivity contribution in [2.24, 2.45) is 0 Å². The first-order valence-corrected chi connectivity index (χ1v) is 9.00. The molecule has 3 rings (SSSR count). The van der Waals surface area contributed by atoms with E-state index in [-0.39, 0.29) is 12.5 Å². The fraction of sp³-hybridized carbons (Fsp3) is 0.333. The predicted molar refractivity (Wildman–Crippen MR) is 101 cm³/mol. The minimum absolute atomic E-state index is 0.0534. The molecule has 0 radical (unpaired) electrons. The molecule has 2 aromatic carbocycles. The number of amides is 1. The van der Waals surface area contributed by atoms with Crippen molar-refractivity contribution in [3.05, 3.63) is 71.8 Å². The van der Waals surface area contributed by atoms with Gasteiger partial charge in [0.1, 0.15) is 6.61 Å². The summed E-state index contributed by atoms with van der Waals surface area (Å²) < 4.78 is 5.45. The van der Waals surface area contributed by atoms with Crippen LogP contribution in [-0.4, -0.2) is 53.2 Å². The lowest BCUT2D eigenvalue weighted by molar-refractivity contribution is -0.120. The summed E-state index contributed by atoms with van der Waals surface area (Å²) in [6, 6.07) is 17.8. The maximum absolute atomic E-state index is 12.2. The van der Waals surface area contributed by atoms with Crippen LogP contribution in [0.15, 0.2) is 60.7 Å². The molecule has 2 N–H and O–H groups in total. The standard InChI is InChI=1S/C21H24N2O4/c1-15(24)22-18-13-23(12-16-8-4-2-5-9-16)19(20(18)25)14-27-21(26)17-10-6-3-7-11-17/h2-11,18-20,25H,12-14H2,1H3,(H,22,24)/t18-,19-,20+/m0/s1. The first-order chi connectivity index (χ1) is 13.0. The Bertz CT molecular complexity index is 766. The van der Waals surface area contributed by atoms with Crippen molar-refractivity contribution in [3.8, 4) is 0 Å². The van der Waals surface area contributed by atoms with Gasteiger partial charge in [-0.3, -0.25) is 9.69 Å². The predicted octanol–water partition coefficient (Wildman–Crippen LogP) is 1.59. The molecule has 1 heterocycles. The minimum atomic E-state index is -0.818. The summed E-state index contributed by atoms with van der Waals surface area (Å²) in [5.41, 5.74) is 1.56. The second-order valence-electron chi connectivity index (χ2n) is 6.74. The molecule has 27 heavy (non-hydrogen) atoms. The average Bonchev–Trinajstić information content (AvgIpc) is 2.95. The molecule has 0 spiro atoms. The van der Waals surface area contributed by atoms with Crippen molar-refractivity contribution >= 4 is 11.9 Å². The highest BCUT2D eigenvalue weighted by atomic mass is 16.5. The summed E-state index contributed by atoms with van der Waals surface area (Å²) >= 11 is 0. The third kappa shape index (κ3) is 4.93. The van der Waals surface area contributed by atoms with Crippen molar-refractivity contribution < 1.29 is 19.4 Å². The van der Waals surface area contributed by atoms with Crippen LogP contribution in [-0.2, 0) is 16.1 Å². The third-order valence-corrected chi connectivity index (χ3v) is 4.72. The highest BCUT2D eigenvalue weighted by Gasteiger charge is 2.41. The van der Waals surface area contributed by atoms with Crippen molar-refractivity contribution in [2.45, 2.75) is 31.7 Å². The molecule has 1 fully saturated rings. The van der Waals surface area contributed by atoms with E-state index >= 15 is 0 Å². The van der Waals surface area contributed by atoms with Gasteiger partial charge < -0.3 is 15.2 Å². The first-order valence-electron chi connectivity index (χ1n) is 9.00. The molecule has 2 aromatic rings. The van der Waals surface area contributed by atoms with E-state index in [4.69, 9.17) is 4.74 Å². The van der Waals surface area contributed by atoms with Crippen LogP contribution in [0.5, 0.6) is 0 Å². The first kappa shape index (κ1) is 19.1. The summed E-state index contributed by atoms with van der Waals surface area (Å²) in [7, 11) is 0. The monoisotopic (exact) mass is 368 g/mol. The van der Waals surface area contributed by atoms with Crippen LogP contribution in [0, 0.1) is 0 Å². The molecule has 0 unspecified atom stereocenters. The summed E-state index contributed by atoms with van der Waals surface area (Å²) in [6.45, 7) is 2.57. The van der Waals surface area contributed by atoms with E-state index < -0.39 is 24.2 Å². The Morgan fingerprint density at radius 2 is 1.74 bits per heavy atom. The second kappa shape index (κ2) is 8.79. The van der Waals surface area contributed by atoms with Crippen LogP contribution in [0.3, 0.4) is 0 Å². The Morgan fingerprint density at radius 3 is 2.37 bits per heavy atom. The van der Waals surface area contributed by atoms with Gasteiger partial charge in [0.15, 0.2) is 0 Å². The smallest absolute Gasteiger partial charge is 0.338 e. The van der Waals surface area contributed by atoms with Gasteiger partial charge in [0, 0.05) is 20.0 Å². The van der Waals surface area contributed by atoms with Crippen molar-refractivity contribution in [2.75, 3.05) is 13.2 Å². The summed E-state index contributed by atoms with van der Waals surface area (Å²) in [5, 5.41) is 13.5. The van der Waals surface area contributed by atoms with Crippen LogP contribution in [0.1, 0.15) is 22.8 Å². The zero-order valence-electron chi connectivity index (χ0n) is 15.2. The Kier molecular flexibility index (Phi) is 6.21. The third-order valence-electron chi connectivity index (χ3n) is 4.72. The van der Waals surface area contributed by atoms with Crippen LogP contribution < -0.4 is 5.32 Å². The van der Waals surface area contributed by atoms with E-state index in [9.17, 15) is 14.7 Å². The Labute approximate surface area is 158 Å². The van der Waals surface area contributed by atoms with Gasteiger partial charge >= 0.3 is 5.97 Å². The van der Waals surface area contributed by atoms with Gasteiger partial charge in [0.2, 0.25) is 5.91 Å². The van der Waals surface area contributed by atoms with Crippen LogP contribution >= 0.6 is 0 Å². The minimum Gasteiger partial charge on any atom is -0.460 e. The largest absolute Gasteiger partial charge is 0.460 e. The molecule has 6 nitrogen and oxygen atoms in total. The summed E-state index contributed by atoms with van der Waals surface area (Å²) in [5.74, 6) is -0.619. The lowest BCUT2D eigenvalue weighted by Crippen LogP contribution is -2.45. The lowest BCUT2D eigenvalue weighted by Gasteiger charge is -2.25. The van der Waals surface area contributed by atoms with Crippen LogP contribution in [0.2, 0.25) is 0 Å². The van der Waals surface area contributed by atoms with Crippen molar-refractivity contribution in [1.29, 1.82) is 0 Å². The Balaban J connectivity index is 1.69. The van der Waals surface area contributed by atoms with Gasteiger partial charge in [-0.15, -0.1) is 0 Å². The lowest BCUT2D eigenvalue weighted by atomic mass is 10.1. The molecule has 0 aliphatic carbocycles. The maximum atomic E-state index is 12.2. The number of hydrogen-bond acceptors (Lipinski definition) is 5. The number of rotatable bonds is 6. The highest BCUT2D eigenvalue weighted by Crippen LogP contribution is 2.22. The van der Waals surface area contributed by atoms with Crippen LogP contribution in [0.25, 0.3) is 0 Å². The molecule has 0 aromatic heterocycles. The highest BCUT2D eigenvalue weighted by molar-refractivity contribution is 5.89. The molecule has 0 bridgehead atoms. The van der Waals surface area contributed by atoms with Gasteiger partial charge in [-0.2, -0.15) is 0 Å². The molecule has 1 aliphatic heterocycles. The fourth-order valence-corrected chi connectivity index (χ4v) is 3.39. The number of carbonyl (C=O) groups is 2. The fourth-order valence-electron chi connectivity index (χ4n) is 3.39. The van der Waals surface area contributed by atoms with Gasteiger partial charge in [-0.25, -0.2) is 4.79 Å². The van der Waals surface area contributed by atoms with E-state index in [1.165, 1.54) is 6.92 Å². The molecular formula is C21H24N2O4. The van der Waals surface area contributed by atoms with Gasteiger partial charge in [-0.1, -0.05) is 48.5 Å². The molecule has 6 heteroatoms. The SMILES string of the molecule is CC(=O)N[C@H]1CN(Cc2ccccc2)[C@@H](COC(=O)c2ccccc2)[C@@H]1O. The number of likely N-dealkylation sites (tertiary alicyclic amines) is 1. The Hall–Kier alpha value is -2.70. The maximum Gasteiger partial charge on any atom is 0.338 e. The molecule has 3 atom stereocenters. The zero-order chi connectivity index (χ0) is 19.2. The number of benzene rings is 2. The average molecular weight is 368 g/mol. The molecular weight excluding hydrogens is 344 g/mol. The number of ether oxygens (including phenoxy) is 1. The van der Waals surface area contributed by atoms with Gasteiger partial charge in [0.05, 0.1) is 23.8 Å². The Morgan fingerprint density at radius 1 is 1.11 bits per heavy atom. The van der Waals surface area contributed by atoms with Gasteiger partial charge in [-0.05, 0) is 17.7 Å². The number of nitrogens with zero attached hydrogens (tertiary/aromatic N) is 1. The number of aliphatic hydroxyl groups excluding tert-OH is 1. The summed E-state index contributed by atoms with van der Waals surface area (Å²) in [4.78, 5) is 25.7.